The van der Waals surface area contributed by atoms with Gasteiger partial charge in [0.05, 0.1) is 15.9 Å². The topological polar surface area (TPSA) is 118 Å². The molecule has 4 bridgehead atoms. The van der Waals surface area contributed by atoms with Crippen LogP contribution in [-0.2, 0) is 25.8 Å². The molecule has 4 fully saturated rings. The van der Waals surface area contributed by atoms with E-state index in [-0.39, 0.29) is 22.2 Å². The number of hydrogen-bond acceptors (Lipinski definition) is 4. The van der Waals surface area contributed by atoms with Gasteiger partial charge in [0.25, 0.3) is 0 Å². The normalized spacial score (nSPS) is 30.9. The van der Waals surface area contributed by atoms with Gasteiger partial charge in [0, 0.05) is 10.0 Å². The maximum absolute atomic E-state index is 13.3. The van der Waals surface area contributed by atoms with Crippen molar-refractivity contribution in [1.29, 1.82) is 0 Å². The molecule has 0 radical (unpaired) electrons. The van der Waals surface area contributed by atoms with Crippen molar-refractivity contribution in [1.82, 2.24) is 10.0 Å². The summed E-state index contributed by atoms with van der Waals surface area (Å²) < 4.78 is 67.6. The number of carbonyl (C=O) groups is 2. The van der Waals surface area contributed by atoms with E-state index in [1.807, 2.05) is 0 Å². The highest BCUT2D eigenvalue weighted by Gasteiger charge is 2.61. The number of alkyl halides is 3. The molecule has 0 aliphatic heterocycles. The van der Waals surface area contributed by atoms with Crippen LogP contribution < -0.4 is 15.8 Å². The van der Waals surface area contributed by atoms with Crippen LogP contribution in [0.1, 0.15) is 57.9 Å². The van der Waals surface area contributed by atoms with Gasteiger partial charge in [-0.25, -0.2) is 8.42 Å². The summed E-state index contributed by atoms with van der Waals surface area (Å²) in [5.41, 5.74) is 1.63. The van der Waals surface area contributed by atoms with Crippen LogP contribution in [0.15, 0.2) is 27.6 Å². The number of hydrogen-bond donors (Lipinski definition) is 3. The number of halogens is 4. The standard InChI is InChI=1S/C22H27BrF3N3O4S/c1-19(2,29-34(32,33)16-6-14(22(24,25)26)3-4-15(16)23)18(31)28-21-9-12-5-13(10-21)8-20(7-12,11-21)17(27)30/h3-4,6,12-13,29H,5,7-11H2,1-2H3,(H2,27,30)(H,28,31). The minimum Gasteiger partial charge on any atom is -0.369 e. The summed E-state index contributed by atoms with van der Waals surface area (Å²) >= 11 is 2.99. The summed E-state index contributed by atoms with van der Waals surface area (Å²) in [5, 5.41) is 3.00. The first-order valence-electron chi connectivity index (χ1n) is 11.0. The number of primary amides is 1. The van der Waals surface area contributed by atoms with Crippen molar-refractivity contribution in [2.45, 2.75) is 74.5 Å². The second-order valence-electron chi connectivity index (χ2n) is 10.7. The van der Waals surface area contributed by atoms with Gasteiger partial charge in [-0.3, -0.25) is 9.59 Å². The van der Waals surface area contributed by atoms with E-state index < -0.39 is 49.1 Å². The predicted molar refractivity (Wildman–Crippen MR) is 121 cm³/mol. The molecule has 188 valence electrons. The Bertz CT molecular complexity index is 1140. The Morgan fingerprint density at radius 2 is 1.71 bits per heavy atom. The van der Waals surface area contributed by atoms with Crippen molar-refractivity contribution in [3.63, 3.8) is 0 Å². The SMILES string of the molecule is CC(C)(NS(=O)(=O)c1cc(C(F)(F)F)ccc1Br)C(=O)NC12CC3CC(C1)CC(C(N)=O)(C3)C2. The second kappa shape index (κ2) is 7.92. The van der Waals surface area contributed by atoms with Crippen LogP contribution in [-0.4, -0.2) is 31.3 Å². The molecule has 4 aliphatic rings. The van der Waals surface area contributed by atoms with Crippen molar-refractivity contribution in [3.8, 4) is 0 Å². The lowest BCUT2D eigenvalue weighted by Gasteiger charge is -2.61. The molecule has 12 heteroatoms. The van der Waals surface area contributed by atoms with Gasteiger partial charge in [0.15, 0.2) is 0 Å². The molecule has 0 spiro atoms. The van der Waals surface area contributed by atoms with E-state index in [0.717, 1.165) is 18.6 Å². The lowest BCUT2D eigenvalue weighted by atomic mass is 9.46. The summed E-state index contributed by atoms with van der Waals surface area (Å²) in [5.74, 6) is -0.458. The van der Waals surface area contributed by atoms with Crippen molar-refractivity contribution < 1.29 is 31.2 Å². The average Bonchev–Trinajstić information content (AvgIpc) is 2.64. The van der Waals surface area contributed by atoms with Crippen LogP contribution in [0.4, 0.5) is 13.2 Å². The Balaban J connectivity index is 1.56. The van der Waals surface area contributed by atoms with E-state index in [0.29, 0.717) is 38.2 Å². The van der Waals surface area contributed by atoms with Crippen LogP contribution in [0, 0.1) is 17.3 Å². The lowest BCUT2D eigenvalue weighted by molar-refractivity contribution is -0.151. The third kappa shape index (κ3) is 4.48. The molecule has 5 rings (SSSR count). The highest BCUT2D eigenvalue weighted by Crippen LogP contribution is 2.61. The van der Waals surface area contributed by atoms with Crippen LogP contribution in [0.2, 0.25) is 0 Å². The maximum atomic E-state index is 13.3. The van der Waals surface area contributed by atoms with Gasteiger partial charge in [-0.1, -0.05) is 0 Å². The molecule has 2 unspecified atom stereocenters. The van der Waals surface area contributed by atoms with E-state index >= 15 is 0 Å². The minimum atomic E-state index is -4.73. The van der Waals surface area contributed by atoms with E-state index in [9.17, 15) is 31.2 Å². The smallest absolute Gasteiger partial charge is 0.369 e. The number of rotatable bonds is 6. The monoisotopic (exact) mass is 565 g/mol. The van der Waals surface area contributed by atoms with Gasteiger partial charge in [0.2, 0.25) is 21.8 Å². The molecule has 4 saturated carbocycles. The largest absolute Gasteiger partial charge is 0.416 e. The van der Waals surface area contributed by atoms with Crippen LogP contribution in [0.3, 0.4) is 0 Å². The van der Waals surface area contributed by atoms with Gasteiger partial charge < -0.3 is 11.1 Å². The number of benzene rings is 1. The molecule has 1 aromatic rings. The Labute approximate surface area is 204 Å². The molecular weight excluding hydrogens is 539 g/mol. The maximum Gasteiger partial charge on any atom is 0.416 e. The van der Waals surface area contributed by atoms with E-state index in [1.165, 1.54) is 13.8 Å². The molecule has 34 heavy (non-hydrogen) atoms. The highest BCUT2D eigenvalue weighted by molar-refractivity contribution is 9.10. The molecule has 0 aromatic heterocycles. The molecule has 2 atom stereocenters. The second-order valence-corrected chi connectivity index (χ2v) is 13.2. The first-order valence-corrected chi connectivity index (χ1v) is 13.3. The number of carbonyl (C=O) groups excluding carboxylic acids is 2. The Kier molecular flexibility index (Phi) is 5.93. The number of nitrogens with two attached hydrogens (primary N) is 1. The summed E-state index contributed by atoms with van der Waals surface area (Å²) in [7, 11) is -4.50. The molecule has 7 nitrogen and oxygen atoms in total. The zero-order chi connectivity index (χ0) is 25.3. The van der Waals surface area contributed by atoms with E-state index in [1.54, 1.807) is 0 Å². The van der Waals surface area contributed by atoms with E-state index in [4.69, 9.17) is 5.73 Å². The summed E-state index contributed by atoms with van der Waals surface area (Å²) in [6.07, 6.45) is -0.556. The Morgan fingerprint density at radius 3 is 2.24 bits per heavy atom. The zero-order valence-electron chi connectivity index (χ0n) is 18.8. The van der Waals surface area contributed by atoms with Gasteiger partial charge in [-0.2, -0.15) is 17.9 Å². The summed E-state index contributed by atoms with van der Waals surface area (Å²) in [6, 6.07) is 2.29. The highest BCUT2D eigenvalue weighted by atomic mass is 79.9. The number of sulfonamides is 1. The molecular formula is C22H27BrF3N3O4S. The molecule has 2 amide bonds. The van der Waals surface area contributed by atoms with Gasteiger partial charge >= 0.3 is 6.18 Å². The fourth-order valence-electron chi connectivity index (χ4n) is 6.42. The number of nitrogens with one attached hydrogen (secondary N) is 2. The minimum absolute atomic E-state index is 0.0614. The van der Waals surface area contributed by atoms with Crippen molar-refractivity contribution in [2.24, 2.45) is 23.0 Å². The fraction of sp³-hybridized carbons (Fsp3) is 0.636. The summed E-state index contributed by atoms with van der Waals surface area (Å²) in [6.45, 7) is 2.71. The molecule has 4 N–H and O–H groups in total. The average molecular weight is 566 g/mol. The van der Waals surface area contributed by atoms with Crippen molar-refractivity contribution >= 4 is 37.8 Å². The first kappa shape index (κ1) is 25.4. The third-order valence-corrected chi connectivity index (χ3v) is 10.1. The Morgan fingerprint density at radius 1 is 1.12 bits per heavy atom. The van der Waals surface area contributed by atoms with Crippen molar-refractivity contribution in [2.75, 3.05) is 0 Å². The fourth-order valence-corrected chi connectivity index (χ4v) is 8.78. The van der Waals surface area contributed by atoms with Gasteiger partial charge in [-0.05, 0) is 98.3 Å². The van der Waals surface area contributed by atoms with E-state index in [2.05, 4.69) is 26.0 Å². The molecule has 4 aliphatic carbocycles. The summed E-state index contributed by atoms with van der Waals surface area (Å²) in [4.78, 5) is 25.0. The molecule has 1 aromatic carbocycles. The van der Waals surface area contributed by atoms with Crippen LogP contribution in [0.5, 0.6) is 0 Å². The lowest BCUT2D eigenvalue weighted by Crippen LogP contribution is -2.68. The van der Waals surface area contributed by atoms with Gasteiger partial charge in [0.1, 0.15) is 5.54 Å². The van der Waals surface area contributed by atoms with Crippen molar-refractivity contribution in [3.05, 3.63) is 28.2 Å². The van der Waals surface area contributed by atoms with Crippen LogP contribution in [0.25, 0.3) is 0 Å². The molecule has 0 saturated heterocycles. The zero-order valence-corrected chi connectivity index (χ0v) is 21.2. The van der Waals surface area contributed by atoms with Crippen LogP contribution >= 0.6 is 15.9 Å². The number of amides is 2. The molecule has 0 heterocycles. The quantitative estimate of drug-likeness (QED) is 0.489. The van der Waals surface area contributed by atoms with Gasteiger partial charge in [-0.15, -0.1) is 0 Å². The first-order chi connectivity index (χ1) is 15.5. The Hall–Kier alpha value is -1.66. The third-order valence-electron chi connectivity index (χ3n) is 7.47. The predicted octanol–water partition coefficient (Wildman–Crippen LogP) is 3.47.